The van der Waals surface area contributed by atoms with E-state index in [2.05, 4.69) is 15.5 Å². The summed E-state index contributed by atoms with van der Waals surface area (Å²) in [5.74, 6) is -0.0292. The largest absolute Gasteiger partial charge is 0.369 e. The van der Waals surface area contributed by atoms with Gasteiger partial charge in [-0.15, -0.1) is 0 Å². The van der Waals surface area contributed by atoms with E-state index in [1.807, 2.05) is 71.3 Å². The lowest BCUT2D eigenvalue weighted by molar-refractivity contribution is -0.111. The summed E-state index contributed by atoms with van der Waals surface area (Å²) >= 11 is 6.09. The first-order valence-electron chi connectivity index (χ1n) is 14.1. The van der Waals surface area contributed by atoms with Crippen LogP contribution in [0.3, 0.4) is 0 Å². The highest BCUT2D eigenvalue weighted by atomic mass is 35.5. The van der Waals surface area contributed by atoms with Crippen molar-refractivity contribution in [1.29, 1.82) is 0 Å². The Labute approximate surface area is 249 Å². The Morgan fingerprint density at radius 2 is 1.74 bits per heavy atom. The molecule has 8 heteroatoms. The van der Waals surface area contributed by atoms with Gasteiger partial charge in [-0.25, -0.2) is 0 Å². The molecule has 0 unspecified atom stereocenters. The fourth-order valence-electron chi connectivity index (χ4n) is 5.99. The van der Waals surface area contributed by atoms with E-state index in [1.54, 1.807) is 30.3 Å². The number of nitrogens with zero attached hydrogens (tertiary/aromatic N) is 2. The number of fused-ring (bicyclic) bond motifs is 4. The predicted octanol–water partition coefficient (Wildman–Crippen LogP) is 5.71. The molecule has 42 heavy (non-hydrogen) atoms. The summed E-state index contributed by atoms with van der Waals surface area (Å²) in [5, 5.41) is 6.59. The Balaban J connectivity index is 1.26. The number of rotatable bonds is 7. The molecule has 0 spiro atoms. The summed E-state index contributed by atoms with van der Waals surface area (Å²) in [7, 11) is 0. The molecule has 0 aliphatic carbocycles. The van der Waals surface area contributed by atoms with Gasteiger partial charge in [0.25, 0.3) is 11.5 Å². The molecule has 2 aliphatic rings. The third kappa shape index (κ3) is 6.16. The van der Waals surface area contributed by atoms with Gasteiger partial charge < -0.3 is 20.1 Å². The molecule has 7 nitrogen and oxygen atoms in total. The van der Waals surface area contributed by atoms with Crippen molar-refractivity contribution in [3.63, 3.8) is 0 Å². The maximum atomic E-state index is 13.2. The van der Waals surface area contributed by atoms with Crippen molar-refractivity contribution in [1.82, 2.24) is 9.88 Å². The van der Waals surface area contributed by atoms with E-state index < -0.39 is 0 Å². The minimum absolute atomic E-state index is 0.0435. The minimum atomic E-state index is -0.286. The number of benzene rings is 3. The molecular formula is C34H31ClN4O3. The minimum Gasteiger partial charge on any atom is -0.369 e. The van der Waals surface area contributed by atoms with Crippen LogP contribution in [0.5, 0.6) is 0 Å². The molecule has 0 saturated carbocycles. The number of halogens is 1. The highest BCUT2D eigenvalue weighted by molar-refractivity contribution is 6.30. The molecule has 6 rings (SSSR count). The number of nitrogens with one attached hydrogen (secondary N) is 2. The monoisotopic (exact) mass is 578 g/mol. The van der Waals surface area contributed by atoms with E-state index in [-0.39, 0.29) is 23.3 Å². The summed E-state index contributed by atoms with van der Waals surface area (Å²) in [6.45, 7) is 2.47. The molecule has 1 aromatic heterocycles. The molecule has 4 aromatic rings. The van der Waals surface area contributed by atoms with Crippen molar-refractivity contribution >= 4 is 40.9 Å². The second-order valence-corrected chi connectivity index (χ2v) is 11.3. The van der Waals surface area contributed by atoms with Gasteiger partial charge in [-0.1, -0.05) is 60.1 Å². The van der Waals surface area contributed by atoms with Crippen LogP contribution in [0.25, 0.3) is 6.08 Å². The molecule has 3 aromatic carbocycles. The molecule has 2 bridgehead atoms. The maximum absolute atomic E-state index is 13.2. The van der Waals surface area contributed by atoms with Crippen LogP contribution >= 0.6 is 11.6 Å². The number of amides is 2. The van der Waals surface area contributed by atoms with Crippen LogP contribution in [0.1, 0.15) is 39.5 Å². The quantitative estimate of drug-likeness (QED) is 0.275. The first-order valence-corrected chi connectivity index (χ1v) is 14.5. The lowest BCUT2D eigenvalue weighted by Gasteiger charge is -2.44. The average Bonchev–Trinajstić information content (AvgIpc) is 3.00. The standard InChI is InChI=1S/C34H31ClN4O3/c35-28-9-4-8-24(17-28)19-36-34(42)26-13-14-31(29(18-26)37-32(40)15-12-23-6-2-1-3-7-23)38-20-25-16-27(22-38)30-10-5-11-33(41)39(30)21-25/h1-15,17-18,25,27H,16,19-22H2,(H,36,42)(H,37,40)/b15-12+/t25-,27+/m1/s1. The molecular weight excluding hydrogens is 548 g/mol. The number of hydrogen-bond donors (Lipinski definition) is 2. The number of piperidine rings is 1. The van der Waals surface area contributed by atoms with E-state index in [9.17, 15) is 14.4 Å². The van der Waals surface area contributed by atoms with Gasteiger partial charge in [-0.2, -0.15) is 0 Å². The van der Waals surface area contributed by atoms with Crippen molar-refractivity contribution in [2.45, 2.75) is 25.4 Å². The number of carbonyl (C=O) groups excluding carboxylic acids is 2. The second-order valence-electron chi connectivity index (χ2n) is 10.9. The summed E-state index contributed by atoms with van der Waals surface area (Å²) < 4.78 is 1.90. The van der Waals surface area contributed by atoms with Crippen LogP contribution in [-0.2, 0) is 17.9 Å². The van der Waals surface area contributed by atoms with E-state index in [1.165, 1.54) is 6.08 Å². The van der Waals surface area contributed by atoms with Crippen molar-refractivity contribution in [2.75, 3.05) is 23.3 Å². The van der Waals surface area contributed by atoms with E-state index in [0.717, 1.165) is 35.5 Å². The number of hydrogen-bond acceptors (Lipinski definition) is 4. The lowest BCUT2D eigenvalue weighted by atomic mass is 9.83. The Morgan fingerprint density at radius 1 is 0.905 bits per heavy atom. The lowest BCUT2D eigenvalue weighted by Crippen LogP contribution is -2.47. The summed E-state index contributed by atoms with van der Waals surface area (Å²) in [4.78, 5) is 41.0. The third-order valence-corrected chi connectivity index (χ3v) is 8.14. The van der Waals surface area contributed by atoms with Gasteiger partial charge in [0, 0.05) is 60.5 Å². The molecule has 0 radical (unpaired) electrons. The van der Waals surface area contributed by atoms with Crippen LogP contribution in [0.15, 0.2) is 102 Å². The molecule has 212 valence electrons. The van der Waals surface area contributed by atoms with Crippen LogP contribution in [0.4, 0.5) is 11.4 Å². The Bertz CT molecular complexity index is 1720. The smallest absolute Gasteiger partial charge is 0.251 e. The van der Waals surface area contributed by atoms with Crippen molar-refractivity contribution < 1.29 is 9.59 Å². The number of anilines is 2. The van der Waals surface area contributed by atoms with Crippen molar-refractivity contribution in [3.8, 4) is 0 Å². The average molecular weight is 579 g/mol. The SMILES string of the molecule is O=C(/C=C/c1ccccc1)Nc1cc(C(=O)NCc2cccc(Cl)c2)ccc1N1C[C@H]2C[C@@H](C1)c1cccc(=O)n1C2. The van der Waals surface area contributed by atoms with Crippen LogP contribution in [0.2, 0.25) is 5.02 Å². The zero-order chi connectivity index (χ0) is 29.1. The highest BCUT2D eigenvalue weighted by Gasteiger charge is 2.35. The van der Waals surface area contributed by atoms with Gasteiger partial charge in [-0.3, -0.25) is 14.4 Å². The number of pyridine rings is 1. The van der Waals surface area contributed by atoms with Crippen molar-refractivity contribution in [3.05, 3.63) is 135 Å². The summed E-state index contributed by atoms with van der Waals surface area (Å²) in [6.07, 6.45) is 4.28. The molecule has 2 N–H and O–H groups in total. The van der Waals surface area contributed by atoms with Gasteiger partial charge in [0.05, 0.1) is 11.4 Å². The van der Waals surface area contributed by atoms with Crippen molar-refractivity contribution in [2.24, 2.45) is 5.92 Å². The Kier molecular flexibility index (Phi) is 7.93. The molecule has 2 aliphatic heterocycles. The Morgan fingerprint density at radius 3 is 2.57 bits per heavy atom. The maximum Gasteiger partial charge on any atom is 0.251 e. The normalized spacial score (nSPS) is 17.5. The van der Waals surface area contributed by atoms with Crippen LogP contribution in [0, 0.1) is 5.92 Å². The molecule has 2 amide bonds. The van der Waals surface area contributed by atoms with Crippen LogP contribution in [-0.4, -0.2) is 29.5 Å². The van der Waals surface area contributed by atoms with Gasteiger partial charge in [0.2, 0.25) is 5.91 Å². The summed E-state index contributed by atoms with van der Waals surface area (Å²) in [6, 6.07) is 27.9. The number of aromatic nitrogens is 1. The zero-order valence-corrected chi connectivity index (χ0v) is 23.8. The molecule has 3 heterocycles. The summed E-state index contributed by atoms with van der Waals surface area (Å²) in [5.41, 5.74) is 4.77. The van der Waals surface area contributed by atoms with E-state index >= 15 is 0 Å². The van der Waals surface area contributed by atoms with Gasteiger partial charge >= 0.3 is 0 Å². The molecule has 1 saturated heterocycles. The third-order valence-electron chi connectivity index (χ3n) is 7.91. The van der Waals surface area contributed by atoms with E-state index in [0.29, 0.717) is 41.8 Å². The van der Waals surface area contributed by atoms with Gasteiger partial charge in [0.1, 0.15) is 0 Å². The number of carbonyl (C=O) groups is 2. The van der Waals surface area contributed by atoms with E-state index in [4.69, 9.17) is 11.6 Å². The highest BCUT2D eigenvalue weighted by Crippen LogP contribution is 2.39. The molecule has 1 fully saturated rings. The van der Waals surface area contributed by atoms with Gasteiger partial charge in [0.15, 0.2) is 0 Å². The van der Waals surface area contributed by atoms with Crippen LogP contribution < -0.4 is 21.1 Å². The fourth-order valence-corrected chi connectivity index (χ4v) is 6.20. The topological polar surface area (TPSA) is 83.4 Å². The Hall–Kier alpha value is -4.62. The molecule has 2 atom stereocenters. The first-order chi connectivity index (χ1) is 20.4. The van der Waals surface area contributed by atoms with Gasteiger partial charge in [-0.05, 0) is 65.9 Å². The zero-order valence-electron chi connectivity index (χ0n) is 23.0. The first kappa shape index (κ1) is 27.5. The fraction of sp³-hybridized carbons (Fsp3) is 0.206. The second kappa shape index (κ2) is 12.1. The predicted molar refractivity (Wildman–Crippen MR) is 167 cm³/mol.